The van der Waals surface area contributed by atoms with E-state index in [9.17, 15) is 4.79 Å². The number of piperazine rings is 1. The van der Waals surface area contributed by atoms with E-state index >= 15 is 0 Å². The van der Waals surface area contributed by atoms with Gasteiger partial charge in [0.2, 0.25) is 10.1 Å². The highest BCUT2D eigenvalue weighted by Crippen LogP contribution is 2.35. The average molecular weight is 454 g/mol. The molecule has 0 spiro atoms. The second-order valence-corrected chi connectivity index (χ2v) is 9.62. The maximum Gasteiger partial charge on any atom is 0.317 e. The number of hydrogen-bond acceptors (Lipinski definition) is 6. The summed E-state index contributed by atoms with van der Waals surface area (Å²) >= 11 is 1.62. The summed E-state index contributed by atoms with van der Waals surface area (Å²) in [6.07, 6.45) is 4.94. The van der Waals surface area contributed by atoms with Crippen LogP contribution in [0.5, 0.6) is 0 Å². The van der Waals surface area contributed by atoms with Gasteiger partial charge in [-0.05, 0) is 26.7 Å². The van der Waals surface area contributed by atoms with Crippen LogP contribution in [0.25, 0.3) is 16.2 Å². The van der Waals surface area contributed by atoms with Crippen LogP contribution in [-0.2, 0) is 0 Å². The average Bonchev–Trinajstić information content (AvgIpc) is 3.53. The third-order valence-electron chi connectivity index (χ3n) is 6.38. The van der Waals surface area contributed by atoms with E-state index in [1.165, 1.54) is 31.2 Å². The maximum absolute atomic E-state index is 12.1. The van der Waals surface area contributed by atoms with Crippen LogP contribution < -0.4 is 15.5 Å². The Kier molecular flexibility index (Phi) is 5.91. The molecule has 8 nitrogen and oxygen atoms in total. The van der Waals surface area contributed by atoms with Gasteiger partial charge in [0.1, 0.15) is 5.69 Å². The van der Waals surface area contributed by atoms with Crippen LogP contribution in [0.1, 0.15) is 38.2 Å². The summed E-state index contributed by atoms with van der Waals surface area (Å²) in [5, 5.41) is 12.6. The zero-order valence-electron chi connectivity index (χ0n) is 18.8. The highest BCUT2D eigenvalue weighted by Gasteiger charge is 2.26. The molecule has 170 valence electrons. The van der Waals surface area contributed by atoms with Crippen molar-refractivity contribution in [1.82, 2.24) is 24.8 Å². The number of aromatic nitrogens is 3. The van der Waals surface area contributed by atoms with Gasteiger partial charge in [-0.2, -0.15) is 4.52 Å². The van der Waals surface area contributed by atoms with Gasteiger partial charge in [0.05, 0.1) is 0 Å². The van der Waals surface area contributed by atoms with Crippen molar-refractivity contribution in [3.05, 3.63) is 29.8 Å². The van der Waals surface area contributed by atoms with Crippen molar-refractivity contribution in [2.24, 2.45) is 0 Å². The Morgan fingerprint density at radius 1 is 1.12 bits per heavy atom. The fourth-order valence-corrected chi connectivity index (χ4v) is 5.49. The maximum atomic E-state index is 12.1. The Bertz CT molecular complexity index is 1080. The van der Waals surface area contributed by atoms with Crippen molar-refractivity contribution in [2.75, 3.05) is 42.9 Å². The van der Waals surface area contributed by atoms with Crippen molar-refractivity contribution >= 4 is 33.3 Å². The number of fused-ring (bicyclic) bond motifs is 1. The van der Waals surface area contributed by atoms with E-state index in [1.807, 2.05) is 16.3 Å². The first-order valence-electron chi connectivity index (χ1n) is 11.6. The molecule has 3 aromatic rings. The summed E-state index contributed by atoms with van der Waals surface area (Å²) < 4.78 is 1.99. The lowest BCUT2D eigenvalue weighted by Gasteiger charge is -2.34. The number of urea groups is 1. The van der Waals surface area contributed by atoms with Gasteiger partial charge in [-0.15, -0.1) is 5.10 Å². The largest absolute Gasteiger partial charge is 0.365 e. The van der Waals surface area contributed by atoms with Crippen molar-refractivity contribution < 1.29 is 4.79 Å². The molecule has 32 heavy (non-hydrogen) atoms. The zero-order chi connectivity index (χ0) is 22.1. The molecule has 1 saturated heterocycles. The highest BCUT2D eigenvalue weighted by atomic mass is 32.1. The van der Waals surface area contributed by atoms with Crippen molar-refractivity contribution in [2.45, 2.75) is 45.6 Å². The lowest BCUT2D eigenvalue weighted by molar-refractivity contribution is 0.195. The molecule has 5 rings (SSSR count). The van der Waals surface area contributed by atoms with Crippen LogP contribution in [0.2, 0.25) is 0 Å². The number of imidazole rings is 1. The summed E-state index contributed by atoms with van der Waals surface area (Å²) in [7, 11) is 0. The van der Waals surface area contributed by atoms with E-state index in [2.05, 4.69) is 46.7 Å². The molecule has 0 radical (unpaired) electrons. The van der Waals surface area contributed by atoms with Crippen LogP contribution in [0.3, 0.4) is 0 Å². The van der Waals surface area contributed by atoms with E-state index in [1.54, 1.807) is 11.3 Å². The van der Waals surface area contributed by atoms with Crippen molar-refractivity contribution in [1.29, 1.82) is 0 Å². The summed E-state index contributed by atoms with van der Waals surface area (Å²) in [4.78, 5) is 22.1. The third-order valence-corrected chi connectivity index (χ3v) is 7.35. The molecule has 3 heterocycles. The lowest BCUT2D eigenvalue weighted by Crippen LogP contribution is -2.51. The fraction of sp³-hybridized carbons (Fsp3) is 0.522. The van der Waals surface area contributed by atoms with Gasteiger partial charge < -0.3 is 20.4 Å². The number of nitrogens with zero attached hydrogens (tertiary/aromatic N) is 5. The predicted octanol–water partition coefficient (Wildman–Crippen LogP) is 3.97. The topological polar surface area (TPSA) is 77.8 Å². The number of hydrogen-bond donors (Lipinski definition) is 2. The Balaban J connectivity index is 1.41. The van der Waals surface area contributed by atoms with Gasteiger partial charge in [0.15, 0.2) is 5.82 Å². The minimum absolute atomic E-state index is 0.0203. The van der Waals surface area contributed by atoms with Crippen LogP contribution in [0.15, 0.2) is 24.3 Å². The van der Waals surface area contributed by atoms with Crippen LogP contribution in [0, 0.1) is 6.92 Å². The van der Waals surface area contributed by atoms with Crippen molar-refractivity contribution in [3.63, 3.8) is 0 Å². The molecule has 9 heteroatoms. The van der Waals surface area contributed by atoms with Crippen LogP contribution in [0.4, 0.5) is 15.7 Å². The molecule has 0 atom stereocenters. The predicted molar refractivity (Wildman–Crippen MR) is 130 cm³/mol. The number of amides is 2. The molecule has 1 aliphatic heterocycles. The van der Waals surface area contributed by atoms with Gasteiger partial charge >= 0.3 is 6.03 Å². The minimum Gasteiger partial charge on any atom is -0.365 e. The number of aryl methyl sites for hydroxylation is 1. The Labute approximate surface area is 192 Å². The molecule has 2 fully saturated rings. The number of carbonyl (C=O) groups excluding carboxylic acids is 1. The molecular formula is C23H31N7OS. The molecule has 2 amide bonds. The monoisotopic (exact) mass is 453 g/mol. The van der Waals surface area contributed by atoms with Gasteiger partial charge in [0.25, 0.3) is 0 Å². The lowest BCUT2D eigenvalue weighted by atomic mass is 10.1. The minimum atomic E-state index is 0.0203. The zero-order valence-corrected chi connectivity index (χ0v) is 19.6. The van der Waals surface area contributed by atoms with Gasteiger partial charge in [0, 0.05) is 44.3 Å². The van der Waals surface area contributed by atoms with Gasteiger partial charge in [-0.1, -0.05) is 54.0 Å². The van der Waals surface area contributed by atoms with Gasteiger partial charge in [-0.3, -0.25) is 0 Å². The SMILES string of the molecule is CCNC(=O)N1CCN(c2nn3c(NC4CCCC4)c(-c4ccc(C)cc4)nc3s2)CC1. The van der Waals surface area contributed by atoms with Crippen LogP contribution >= 0.6 is 11.3 Å². The van der Waals surface area contributed by atoms with E-state index in [-0.39, 0.29) is 6.03 Å². The highest BCUT2D eigenvalue weighted by molar-refractivity contribution is 7.20. The normalized spacial score (nSPS) is 17.3. The number of anilines is 2. The van der Waals surface area contributed by atoms with E-state index in [0.717, 1.165) is 40.3 Å². The molecule has 2 N–H and O–H groups in total. The summed E-state index contributed by atoms with van der Waals surface area (Å²) in [6, 6.07) is 9.05. The van der Waals surface area contributed by atoms with E-state index in [0.29, 0.717) is 25.7 Å². The number of rotatable bonds is 5. The quantitative estimate of drug-likeness (QED) is 0.611. The number of nitrogens with one attached hydrogen (secondary N) is 2. The first kappa shape index (κ1) is 21.1. The van der Waals surface area contributed by atoms with Crippen molar-refractivity contribution in [3.8, 4) is 11.3 Å². The van der Waals surface area contributed by atoms with Crippen LogP contribution in [-0.4, -0.2) is 64.3 Å². The Morgan fingerprint density at radius 2 is 1.84 bits per heavy atom. The van der Waals surface area contributed by atoms with E-state index < -0.39 is 0 Å². The molecule has 0 unspecified atom stereocenters. The molecule has 1 aliphatic carbocycles. The second-order valence-electron chi connectivity index (χ2n) is 8.69. The summed E-state index contributed by atoms with van der Waals surface area (Å²) in [6.45, 7) is 7.68. The summed E-state index contributed by atoms with van der Waals surface area (Å²) in [5.41, 5.74) is 3.33. The third kappa shape index (κ3) is 4.13. The Morgan fingerprint density at radius 3 is 2.53 bits per heavy atom. The molecule has 0 bridgehead atoms. The second kappa shape index (κ2) is 8.97. The fourth-order valence-electron chi connectivity index (χ4n) is 4.54. The number of carbonyl (C=O) groups is 1. The molecule has 1 aromatic carbocycles. The molecule has 1 saturated carbocycles. The first-order chi connectivity index (χ1) is 15.6. The summed E-state index contributed by atoms with van der Waals surface area (Å²) in [5.74, 6) is 0.999. The Hall–Kier alpha value is -2.81. The number of benzene rings is 1. The van der Waals surface area contributed by atoms with E-state index in [4.69, 9.17) is 10.1 Å². The smallest absolute Gasteiger partial charge is 0.317 e. The standard InChI is InChI=1S/C23H31N7OS/c1-3-24-21(31)28-12-14-29(15-13-28)23-27-30-20(25-18-6-4-5-7-18)19(26-22(30)32-23)17-10-8-16(2)9-11-17/h8-11,18,25H,3-7,12-15H2,1-2H3,(H,24,31). The molecule has 2 aliphatic rings. The van der Waals surface area contributed by atoms with Gasteiger partial charge in [-0.25, -0.2) is 9.78 Å². The molecule has 2 aromatic heterocycles. The first-order valence-corrected chi connectivity index (χ1v) is 12.4. The molecular weight excluding hydrogens is 422 g/mol.